The van der Waals surface area contributed by atoms with E-state index in [1.54, 1.807) is 0 Å². The van der Waals surface area contributed by atoms with E-state index in [-0.39, 0.29) is 0 Å². The first kappa shape index (κ1) is 16.7. The first-order valence-electron chi connectivity index (χ1n) is 9.68. The Hall–Kier alpha value is -3.23. The lowest BCUT2D eigenvalue weighted by molar-refractivity contribution is 1.44. The predicted octanol–water partition coefficient (Wildman–Crippen LogP) is 8.12. The summed E-state index contributed by atoms with van der Waals surface area (Å²) in [5.41, 5.74) is 3.22. The summed E-state index contributed by atoms with van der Waals surface area (Å²) < 4.78 is 1.07. The number of hydrogen-bond acceptors (Lipinski definition) is 1. The summed E-state index contributed by atoms with van der Waals surface area (Å²) in [4.78, 5) is 5.22. The zero-order chi connectivity index (χ0) is 19.4. The van der Waals surface area contributed by atoms with Gasteiger partial charge in [0.25, 0.3) is 0 Å². The van der Waals surface area contributed by atoms with Gasteiger partial charge < -0.3 is 0 Å². The van der Waals surface area contributed by atoms with E-state index in [9.17, 15) is 0 Å². The molecule has 0 saturated heterocycles. The number of rotatable bonds is 1. The lowest BCUT2D eigenvalue weighted by atomic mass is 9.94. The third kappa shape index (κ3) is 2.56. The van der Waals surface area contributed by atoms with Crippen LogP contribution in [-0.4, -0.2) is 4.98 Å². The van der Waals surface area contributed by atoms with Gasteiger partial charge in [0.15, 0.2) is 0 Å². The fraction of sp³-hybridized carbons (Fsp3) is 0. The van der Waals surface area contributed by atoms with Crippen molar-refractivity contribution in [1.29, 1.82) is 0 Å². The molecule has 29 heavy (non-hydrogen) atoms. The molecule has 0 aliphatic rings. The summed E-state index contributed by atoms with van der Waals surface area (Å²) in [5.74, 6) is 0. The molecule has 1 heterocycles. The summed E-state index contributed by atoms with van der Waals surface area (Å²) >= 11 is 3.55. The van der Waals surface area contributed by atoms with Gasteiger partial charge in [0, 0.05) is 31.6 Å². The van der Waals surface area contributed by atoms with Gasteiger partial charge in [0.1, 0.15) is 0 Å². The SMILES string of the molecule is Brc1ccc(-c2nc3c4ccccc4ccc3c3c2ccc2ccccc23)cc1. The van der Waals surface area contributed by atoms with Crippen LogP contribution in [0.1, 0.15) is 0 Å². The van der Waals surface area contributed by atoms with E-state index in [1.165, 1.54) is 37.7 Å². The molecular weight excluding hydrogens is 418 g/mol. The van der Waals surface area contributed by atoms with Crippen LogP contribution in [0.3, 0.4) is 0 Å². The van der Waals surface area contributed by atoms with Crippen molar-refractivity contribution in [2.24, 2.45) is 0 Å². The van der Waals surface area contributed by atoms with E-state index in [0.29, 0.717) is 0 Å². The molecule has 0 saturated carbocycles. The fourth-order valence-electron chi connectivity index (χ4n) is 4.34. The molecule has 0 amide bonds. The highest BCUT2D eigenvalue weighted by molar-refractivity contribution is 9.10. The monoisotopic (exact) mass is 433 g/mol. The molecule has 0 unspecified atom stereocenters. The zero-order valence-electron chi connectivity index (χ0n) is 15.6. The van der Waals surface area contributed by atoms with Crippen LogP contribution in [0, 0.1) is 0 Å². The van der Waals surface area contributed by atoms with E-state index >= 15 is 0 Å². The zero-order valence-corrected chi connectivity index (χ0v) is 17.1. The summed E-state index contributed by atoms with van der Waals surface area (Å²) in [6, 6.07) is 34.4. The van der Waals surface area contributed by atoms with E-state index in [1.807, 2.05) is 0 Å². The third-order valence-corrected chi connectivity index (χ3v) is 6.22. The average molecular weight is 434 g/mol. The van der Waals surface area contributed by atoms with Crippen molar-refractivity contribution in [2.45, 2.75) is 0 Å². The Labute approximate surface area is 176 Å². The molecule has 0 spiro atoms. The minimum Gasteiger partial charge on any atom is -0.246 e. The van der Waals surface area contributed by atoms with E-state index in [4.69, 9.17) is 4.98 Å². The Kier molecular flexibility index (Phi) is 3.68. The lowest BCUT2D eigenvalue weighted by Gasteiger charge is -2.14. The molecule has 0 atom stereocenters. The van der Waals surface area contributed by atoms with Crippen LogP contribution < -0.4 is 0 Å². The Morgan fingerprint density at radius 1 is 0.517 bits per heavy atom. The number of pyridine rings is 1. The second kappa shape index (κ2) is 6.40. The summed E-state index contributed by atoms with van der Waals surface area (Å²) in [6.07, 6.45) is 0. The van der Waals surface area contributed by atoms with Crippen LogP contribution in [0.15, 0.2) is 102 Å². The Morgan fingerprint density at radius 2 is 1.14 bits per heavy atom. The molecule has 2 heteroatoms. The van der Waals surface area contributed by atoms with Gasteiger partial charge in [-0.3, -0.25) is 0 Å². The largest absolute Gasteiger partial charge is 0.246 e. The number of nitrogens with zero attached hydrogens (tertiary/aromatic N) is 1. The summed E-state index contributed by atoms with van der Waals surface area (Å²) in [7, 11) is 0. The number of benzene rings is 5. The molecule has 5 aromatic carbocycles. The van der Waals surface area contributed by atoms with Crippen molar-refractivity contribution in [3.8, 4) is 11.3 Å². The Bertz CT molecular complexity index is 1550. The van der Waals surface area contributed by atoms with Gasteiger partial charge in [-0.05, 0) is 28.3 Å². The van der Waals surface area contributed by atoms with Gasteiger partial charge >= 0.3 is 0 Å². The highest BCUT2D eigenvalue weighted by atomic mass is 79.9. The molecule has 0 aliphatic heterocycles. The van der Waals surface area contributed by atoms with Crippen molar-refractivity contribution in [2.75, 3.05) is 0 Å². The van der Waals surface area contributed by atoms with Gasteiger partial charge in [-0.1, -0.05) is 101 Å². The van der Waals surface area contributed by atoms with Crippen LogP contribution in [-0.2, 0) is 0 Å². The second-order valence-corrected chi connectivity index (χ2v) is 8.28. The molecule has 0 N–H and O–H groups in total. The number of aromatic nitrogens is 1. The molecule has 6 rings (SSSR count). The quantitative estimate of drug-likeness (QED) is 0.238. The van der Waals surface area contributed by atoms with Crippen molar-refractivity contribution in [1.82, 2.24) is 4.98 Å². The lowest BCUT2D eigenvalue weighted by Crippen LogP contribution is -1.92. The second-order valence-electron chi connectivity index (χ2n) is 7.36. The van der Waals surface area contributed by atoms with Crippen molar-refractivity contribution in [3.63, 3.8) is 0 Å². The fourth-order valence-corrected chi connectivity index (χ4v) is 4.60. The topological polar surface area (TPSA) is 12.9 Å². The number of fused-ring (bicyclic) bond motifs is 7. The van der Waals surface area contributed by atoms with Gasteiger partial charge in [-0.2, -0.15) is 0 Å². The number of hydrogen-bond donors (Lipinski definition) is 0. The van der Waals surface area contributed by atoms with Crippen LogP contribution in [0.2, 0.25) is 0 Å². The molecule has 6 aromatic rings. The van der Waals surface area contributed by atoms with E-state index in [2.05, 4.69) is 113 Å². The molecule has 0 bridgehead atoms. The van der Waals surface area contributed by atoms with E-state index < -0.39 is 0 Å². The molecule has 0 aliphatic carbocycles. The van der Waals surface area contributed by atoms with Gasteiger partial charge in [-0.15, -0.1) is 0 Å². The predicted molar refractivity (Wildman–Crippen MR) is 127 cm³/mol. The maximum absolute atomic E-state index is 5.22. The first-order chi connectivity index (χ1) is 14.3. The third-order valence-electron chi connectivity index (χ3n) is 5.70. The highest BCUT2D eigenvalue weighted by Gasteiger charge is 2.14. The molecule has 0 radical (unpaired) electrons. The minimum absolute atomic E-state index is 1.03. The highest BCUT2D eigenvalue weighted by Crippen LogP contribution is 2.39. The van der Waals surface area contributed by atoms with E-state index in [0.717, 1.165) is 21.2 Å². The maximum Gasteiger partial charge on any atom is 0.0794 e. The standard InChI is InChI=1S/C27H16BrN/c28-20-13-9-19(10-14-20)26-23-15-11-17-5-1-3-7-21(17)25(23)24-16-12-18-6-2-4-8-22(18)27(24)29-26/h1-16H. The molecule has 1 nitrogen and oxygen atoms in total. The minimum atomic E-state index is 1.03. The Morgan fingerprint density at radius 3 is 1.90 bits per heavy atom. The van der Waals surface area contributed by atoms with Crippen LogP contribution in [0.25, 0.3) is 54.5 Å². The molecule has 136 valence electrons. The van der Waals surface area contributed by atoms with Gasteiger partial charge in [-0.25, -0.2) is 4.98 Å². The summed E-state index contributed by atoms with van der Waals surface area (Å²) in [6.45, 7) is 0. The van der Waals surface area contributed by atoms with Gasteiger partial charge in [0.05, 0.1) is 11.2 Å². The normalized spacial score (nSPS) is 11.6. The van der Waals surface area contributed by atoms with Gasteiger partial charge in [0.2, 0.25) is 0 Å². The molecule has 0 fully saturated rings. The molecule has 1 aromatic heterocycles. The van der Waals surface area contributed by atoms with Crippen LogP contribution in [0.5, 0.6) is 0 Å². The van der Waals surface area contributed by atoms with Crippen LogP contribution in [0.4, 0.5) is 0 Å². The molecular formula is C27H16BrN. The number of halogens is 1. The van der Waals surface area contributed by atoms with Crippen molar-refractivity contribution in [3.05, 3.63) is 102 Å². The summed E-state index contributed by atoms with van der Waals surface area (Å²) in [5, 5.41) is 8.60. The van der Waals surface area contributed by atoms with Crippen molar-refractivity contribution >= 4 is 59.2 Å². The van der Waals surface area contributed by atoms with Crippen LogP contribution >= 0.6 is 15.9 Å². The average Bonchev–Trinajstić information content (AvgIpc) is 2.78. The van der Waals surface area contributed by atoms with Crippen molar-refractivity contribution < 1.29 is 0 Å². The first-order valence-corrected chi connectivity index (χ1v) is 10.5. The maximum atomic E-state index is 5.22. The Balaban J connectivity index is 1.89. The smallest absolute Gasteiger partial charge is 0.0794 e.